The molecule has 2 nitrogen and oxygen atoms in total. The number of hydrogen-bond acceptors (Lipinski definition) is 2. The average molecular weight is 227 g/mol. The van der Waals surface area contributed by atoms with E-state index >= 15 is 0 Å². The Kier molecular flexibility index (Phi) is 7.46. The number of carbonyl (C=O) groups is 1. The summed E-state index contributed by atoms with van der Waals surface area (Å²) in [6.45, 7) is 1.47. The molecule has 0 unspecified atom stereocenters. The molecule has 0 fully saturated rings. The van der Waals surface area contributed by atoms with Crippen LogP contribution in [0, 0.1) is 0 Å². The Morgan fingerprint density at radius 3 is 2.12 bits per heavy atom. The number of rotatable bonds is 1. The molecule has 50 valence electrons. The molecule has 8 heavy (non-hydrogen) atoms. The summed E-state index contributed by atoms with van der Waals surface area (Å²) in [7, 11) is 0. The van der Waals surface area contributed by atoms with Crippen LogP contribution in [0.3, 0.4) is 0 Å². The van der Waals surface area contributed by atoms with E-state index < -0.39 is 5.97 Å². The predicted molar refractivity (Wildman–Crippen MR) is 24.6 cm³/mol. The summed E-state index contributed by atoms with van der Waals surface area (Å²) in [6.07, 6.45) is 0.821. The first-order valence-corrected chi connectivity index (χ1v) is 2.05. The predicted octanol–water partition coefficient (Wildman–Crippen LogP) is -0.124. The van der Waals surface area contributed by atoms with Gasteiger partial charge in [0.15, 0.2) is 0 Å². The molecule has 0 aromatic heterocycles. The van der Waals surface area contributed by atoms with E-state index in [1.54, 1.807) is 0 Å². The normalized spacial score (nSPS) is 10.0. The number of carboxylic acids is 1. The molecule has 0 saturated carbocycles. The minimum atomic E-state index is -1.26. The van der Waals surface area contributed by atoms with Gasteiger partial charge in [0.25, 0.3) is 0 Å². The van der Waals surface area contributed by atoms with Crippen molar-refractivity contribution in [1.29, 1.82) is 0 Å². The molecule has 0 aromatic rings. The fourth-order valence-corrected chi connectivity index (χ4v) is 0.251. The minimum absolute atomic E-state index is 0. The van der Waals surface area contributed by atoms with E-state index in [4.69, 9.17) is 11.6 Å². The first kappa shape index (κ1) is 11.1. The molecule has 0 aliphatic carbocycles. The molecule has 0 amide bonds. The van der Waals surface area contributed by atoms with Crippen molar-refractivity contribution in [3.8, 4) is 0 Å². The van der Waals surface area contributed by atoms with E-state index in [1.807, 2.05) is 0 Å². The fraction of sp³-hybridized carbons (Fsp3) is 0.250. The zero-order valence-electron chi connectivity index (χ0n) is 4.07. The largest absolute Gasteiger partial charge is 1.00 e. The van der Waals surface area contributed by atoms with Crippen molar-refractivity contribution in [2.45, 2.75) is 6.92 Å². The van der Waals surface area contributed by atoms with Gasteiger partial charge in [0.1, 0.15) is 0 Å². The molecule has 0 radical (unpaired) electrons. The van der Waals surface area contributed by atoms with Crippen LogP contribution in [-0.2, 0) is 27.2 Å². The number of halogens is 1. The molecule has 0 aliphatic heterocycles. The van der Waals surface area contributed by atoms with E-state index in [1.165, 1.54) is 6.92 Å². The quantitative estimate of drug-likeness (QED) is 0.463. The van der Waals surface area contributed by atoms with E-state index in [0.717, 1.165) is 6.08 Å². The fourth-order valence-electron chi connectivity index (χ4n) is 0.162. The summed E-state index contributed by atoms with van der Waals surface area (Å²) in [6, 6.07) is 0. The maximum atomic E-state index is 9.54. The monoisotopic (exact) mass is 226 g/mol. The Bertz CT molecular complexity index is 107. The van der Waals surface area contributed by atoms with Gasteiger partial charge in [0.2, 0.25) is 0 Å². The molecule has 0 heterocycles. The number of aliphatic carboxylic acids is 1. The van der Waals surface area contributed by atoms with Crippen LogP contribution in [0.2, 0.25) is 0 Å². The molecule has 0 atom stereocenters. The van der Waals surface area contributed by atoms with E-state index in [9.17, 15) is 9.90 Å². The summed E-state index contributed by atoms with van der Waals surface area (Å²) in [4.78, 5) is 9.54. The average Bonchev–Trinajstić information content (AvgIpc) is 1.27. The summed E-state index contributed by atoms with van der Waals surface area (Å²) in [5, 5.41) is 9.76. The van der Waals surface area contributed by atoms with Crippen molar-refractivity contribution in [1.82, 2.24) is 0 Å². The molecule has 0 bridgehead atoms. The van der Waals surface area contributed by atoms with Crippen LogP contribution in [0.25, 0.3) is 0 Å². The second-order valence-electron chi connectivity index (χ2n) is 1.05. The second-order valence-corrected chi connectivity index (χ2v) is 1.65. The van der Waals surface area contributed by atoms with Crippen LogP contribution in [0.5, 0.6) is 0 Å². The van der Waals surface area contributed by atoms with Crippen molar-refractivity contribution in [3.63, 3.8) is 0 Å². The van der Waals surface area contributed by atoms with Crippen molar-refractivity contribution in [2.75, 3.05) is 0 Å². The van der Waals surface area contributed by atoms with Crippen molar-refractivity contribution < 1.29 is 32.3 Å². The molecule has 0 saturated heterocycles. The van der Waals surface area contributed by atoms with Gasteiger partial charge in [0, 0.05) is 5.03 Å². The van der Waals surface area contributed by atoms with Crippen molar-refractivity contribution in [3.05, 3.63) is 11.1 Å². The maximum Gasteiger partial charge on any atom is 1.00 e. The molecule has 0 rings (SSSR count). The number of carboxylic acid groups (broad SMARTS) is 1. The van der Waals surface area contributed by atoms with Gasteiger partial charge in [-0.2, -0.15) is 0 Å². The second kappa shape index (κ2) is 5.38. The summed E-state index contributed by atoms with van der Waals surface area (Å²) in [5.41, 5.74) is 0. The molecule has 0 aromatic carbocycles. The van der Waals surface area contributed by atoms with Crippen LogP contribution < -0.4 is 5.11 Å². The third-order valence-electron chi connectivity index (χ3n) is 0.317. The topological polar surface area (TPSA) is 40.1 Å². The SMILES string of the molecule is CC(Cl)=CC(=O)[O-].[Ag+]. The van der Waals surface area contributed by atoms with E-state index in [2.05, 4.69) is 0 Å². The molecule has 4 heteroatoms. The molecule has 0 N–H and O–H groups in total. The summed E-state index contributed by atoms with van der Waals surface area (Å²) >= 11 is 5.11. The van der Waals surface area contributed by atoms with Crippen LogP contribution in [0.4, 0.5) is 0 Å². The van der Waals surface area contributed by atoms with Gasteiger partial charge in [0.05, 0.1) is 5.97 Å². The van der Waals surface area contributed by atoms with Crippen LogP contribution >= 0.6 is 11.6 Å². The van der Waals surface area contributed by atoms with Gasteiger partial charge >= 0.3 is 22.4 Å². The third kappa shape index (κ3) is 9.53. The first-order chi connectivity index (χ1) is 3.13. The van der Waals surface area contributed by atoms with E-state index in [0.29, 0.717) is 0 Å². The molecular formula is C4H4AgClO2. The maximum absolute atomic E-state index is 9.54. The van der Waals surface area contributed by atoms with Gasteiger partial charge < -0.3 is 9.90 Å². The zero-order chi connectivity index (χ0) is 5.86. The number of carbonyl (C=O) groups excluding carboxylic acids is 1. The molecular weight excluding hydrogens is 223 g/mol. The van der Waals surface area contributed by atoms with Gasteiger partial charge in [-0.05, 0) is 13.0 Å². The summed E-state index contributed by atoms with van der Waals surface area (Å²) < 4.78 is 0. The minimum Gasteiger partial charge on any atom is -0.545 e. The van der Waals surface area contributed by atoms with Crippen LogP contribution in [-0.4, -0.2) is 5.97 Å². The van der Waals surface area contributed by atoms with Crippen LogP contribution in [0.15, 0.2) is 11.1 Å². The molecule has 0 aliphatic rings. The Morgan fingerprint density at radius 1 is 1.75 bits per heavy atom. The van der Waals surface area contributed by atoms with Gasteiger partial charge in [-0.15, -0.1) is 0 Å². The van der Waals surface area contributed by atoms with Crippen molar-refractivity contribution in [2.24, 2.45) is 0 Å². The standard InChI is InChI=1S/C4H5ClO2.Ag/c1-3(5)2-4(6)7;/h2H,1H3,(H,6,7);/q;+1/p-1. The Hall–Kier alpha value is 0.240. The van der Waals surface area contributed by atoms with Gasteiger partial charge in [-0.25, -0.2) is 0 Å². The zero-order valence-corrected chi connectivity index (χ0v) is 6.31. The van der Waals surface area contributed by atoms with Crippen molar-refractivity contribution >= 4 is 17.6 Å². The molecule has 0 spiro atoms. The Balaban J connectivity index is 0. The smallest absolute Gasteiger partial charge is 0.545 e. The third-order valence-corrected chi connectivity index (χ3v) is 0.426. The van der Waals surface area contributed by atoms with Gasteiger partial charge in [-0.3, -0.25) is 0 Å². The summed E-state index contributed by atoms with van der Waals surface area (Å²) in [5.74, 6) is -1.26. The first-order valence-electron chi connectivity index (χ1n) is 1.67. The Morgan fingerprint density at radius 2 is 2.12 bits per heavy atom. The number of hydrogen-bond donors (Lipinski definition) is 0. The van der Waals surface area contributed by atoms with Crippen LogP contribution in [0.1, 0.15) is 6.92 Å². The van der Waals surface area contributed by atoms with Gasteiger partial charge in [-0.1, -0.05) is 11.6 Å². The Labute approximate surface area is 68.0 Å². The van der Waals surface area contributed by atoms with E-state index in [-0.39, 0.29) is 27.4 Å². The number of allylic oxidation sites excluding steroid dienone is 1.